The number of allylic oxidation sites excluding steroid dienone is 1. The molecule has 3 nitrogen and oxygen atoms in total. The second-order valence-corrected chi connectivity index (χ2v) is 8.25. The van der Waals surface area contributed by atoms with Gasteiger partial charge in [-0.3, -0.25) is 0 Å². The van der Waals surface area contributed by atoms with Gasteiger partial charge in [0, 0.05) is 12.2 Å². The number of fused-ring (bicyclic) bond motifs is 6. The zero-order valence-electron chi connectivity index (χ0n) is 17.1. The number of rotatable bonds is 4. The molecule has 1 aliphatic carbocycles. The van der Waals surface area contributed by atoms with E-state index < -0.39 is 0 Å². The first-order valence-corrected chi connectivity index (χ1v) is 10.6. The molecule has 0 fully saturated rings. The van der Waals surface area contributed by atoms with Gasteiger partial charge in [0.05, 0.1) is 5.56 Å². The van der Waals surface area contributed by atoms with Crippen LogP contribution < -0.4 is 10.1 Å². The summed E-state index contributed by atoms with van der Waals surface area (Å²) in [5, 5.41) is 0. The Balaban J connectivity index is 1.44. The van der Waals surface area contributed by atoms with Crippen molar-refractivity contribution in [3.8, 4) is 11.1 Å². The van der Waals surface area contributed by atoms with Crippen molar-refractivity contribution in [2.45, 2.75) is 19.8 Å². The lowest BCUT2D eigenvalue weighted by atomic mass is 10.0. The Morgan fingerprint density at radius 1 is 1.03 bits per heavy atom. The molecular weight excluding hydrogens is 366 g/mol. The summed E-state index contributed by atoms with van der Waals surface area (Å²) in [7, 11) is 0. The molecule has 2 aromatic carbocycles. The highest BCUT2D eigenvalue weighted by molar-refractivity contribution is 5.81. The number of benzene rings is 2. The maximum Gasteiger partial charge on any atom is 0.242 e. The SMILES string of the molecule is Cc1cc(/C=C/c2ccc3c(c2)-c2ccccc2C3)n2c1c(CCN)c1[n+]2=CC=C1. The summed E-state index contributed by atoms with van der Waals surface area (Å²) < 4.78 is 4.56. The van der Waals surface area contributed by atoms with Gasteiger partial charge in [0.25, 0.3) is 0 Å². The summed E-state index contributed by atoms with van der Waals surface area (Å²) in [6.07, 6.45) is 12.8. The van der Waals surface area contributed by atoms with Crippen LogP contribution in [0.5, 0.6) is 0 Å². The first-order valence-electron chi connectivity index (χ1n) is 10.6. The Morgan fingerprint density at radius 2 is 1.90 bits per heavy atom. The molecule has 0 saturated heterocycles. The van der Waals surface area contributed by atoms with Crippen molar-refractivity contribution < 1.29 is 4.36 Å². The van der Waals surface area contributed by atoms with E-state index in [4.69, 9.17) is 5.73 Å². The molecular formula is C27H24N3+. The number of aryl methyl sites for hydroxylation is 1. The van der Waals surface area contributed by atoms with Crippen LogP contribution in [0, 0.1) is 13.1 Å². The van der Waals surface area contributed by atoms with E-state index in [9.17, 15) is 0 Å². The molecule has 0 bridgehead atoms. The first-order chi connectivity index (χ1) is 14.7. The zero-order chi connectivity index (χ0) is 20.2. The predicted molar refractivity (Wildman–Crippen MR) is 123 cm³/mol. The average molecular weight is 391 g/mol. The molecule has 0 saturated carbocycles. The molecule has 6 rings (SSSR count). The van der Waals surface area contributed by atoms with Crippen molar-refractivity contribution >= 4 is 23.7 Å². The zero-order valence-corrected chi connectivity index (χ0v) is 17.1. The van der Waals surface area contributed by atoms with Crippen LogP contribution in [0.4, 0.5) is 0 Å². The van der Waals surface area contributed by atoms with Gasteiger partial charge in [0.1, 0.15) is 11.2 Å². The number of aromatic nitrogens is 2. The van der Waals surface area contributed by atoms with E-state index in [2.05, 4.69) is 94.8 Å². The van der Waals surface area contributed by atoms with E-state index in [1.807, 2.05) is 0 Å². The molecule has 0 amide bonds. The first kappa shape index (κ1) is 17.4. The molecule has 0 spiro atoms. The van der Waals surface area contributed by atoms with Gasteiger partial charge in [0.2, 0.25) is 11.9 Å². The fraction of sp³-hybridized carbons (Fsp3) is 0.148. The molecule has 2 aromatic heterocycles. The Bertz CT molecular complexity index is 1430. The van der Waals surface area contributed by atoms with Crippen LogP contribution in [0.1, 0.15) is 39.2 Å². The molecule has 1 aliphatic heterocycles. The summed E-state index contributed by atoms with van der Waals surface area (Å²) in [5.41, 5.74) is 19.1. The summed E-state index contributed by atoms with van der Waals surface area (Å²) >= 11 is 0. The van der Waals surface area contributed by atoms with Crippen LogP contribution in [0.3, 0.4) is 0 Å². The molecule has 30 heavy (non-hydrogen) atoms. The number of nitrogens with zero attached hydrogens (tertiary/aromatic N) is 2. The highest BCUT2D eigenvalue weighted by Gasteiger charge is 2.26. The van der Waals surface area contributed by atoms with Crippen molar-refractivity contribution in [2.24, 2.45) is 5.73 Å². The molecule has 3 heterocycles. The molecule has 0 unspecified atom stereocenters. The summed E-state index contributed by atoms with van der Waals surface area (Å²) in [4.78, 5) is 0. The number of hydrogen-bond donors (Lipinski definition) is 1. The normalized spacial score (nSPS) is 13.8. The van der Waals surface area contributed by atoms with Crippen LogP contribution in [-0.4, -0.2) is 11.1 Å². The molecule has 4 aromatic rings. The van der Waals surface area contributed by atoms with Gasteiger partial charge < -0.3 is 5.73 Å². The van der Waals surface area contributed by atoms with Crippen molar-refractivity contribution in [3.05, 3.63) is 100 Å². The highest BCUT2D eigenvalue weighted by atomic mass is 15.3. The lowest BCUT2D eigenvalue weighted by Gasteiger charge is -2.02. The van der Waals surface area contributed by atoms with Gasteiger partial charge in [-0.05, 0) is 77.9 Å². The van der Waals surface area contributed by atoms with Crippen molar-refractivity contribution in [3.63, 3.8) is 0 Å². The third-order valence-corrected chi connectivity index (χ3v) is 6.40. The van der Waals surface area contributed by atoms with Gasteiger partial charge in [-0.25, -0.2) is 0 Å². The van der Waals surface area contributed by atoms with E-state index >= 15 is 0 Å². The molecule has 0 atom stereocenters. The van der Waals surface area contributed by atoms with Crippen LogP contribution in [0.15, 0.2) is 54.6 Å². The third-order valence-electron chi connectivity index (χ3n) is 6.40. The van der Waals surface area contributed by atoms with Crippen LogP contribution in [0.2, 0.25) is 0 Å². The molecule has 0 radical (unpaired) electrons. The third kappa shape index (κ3) is 2.45. The minimum Gasteiger partial charge on any atom is -0.330 e. The fourth-order valence-corrected chi connectivity index (χ4v) is 5.09. The van der Waals surface area contributed by atoms with Gasteiger partial charge >= 0.3 is 0 Å². The quantitative estimate of drug-likeness (QED) is 0.450. The predicted octanol–water partition coefficient (Wildman–Crippen LogP) is 4.53. The van der Waals surface area contributed by atoms with Crippen molar-refractivity contribution in [1.82, 2.24) is 4.52 Å². The van der Waals surface area contributed by atoms with Gasteiger partial charge in [-0.15, -0.1) is 4.52 Å². The Hall–Kier alpha value is -3.43. The maximum atomic E-state index is 5.91. The van der Waals surface area contributed by atoms with E-state index in [1.165, 1.54) is 55.8 Å². The maximum absolute atomic E-state index is 5.91. The highest BCUT2D eigenvalue weighted by Crippen LogP contribution is 2.37. The van der Waals surface area contributed by atoms with Gasteiger partial charge in [-0.2, -0.15) is 0 Å². The van der Waals surface area contributed by atoms with E-state index in [1.54, 1.807) is 0 Å². The topological polar surface area (TPSA) is 36.3 Å². The average Bonchev–Trinajstić information content (AvgIpc) is 3.49. The van der Waals surface area contributed by atoms with Crippen LogP contribution in [0.25, 0.3) is 34.9 Å². The summed E-state index contributed by atoms with van der Waals surface area (Å²) in [5.74, 6) is 0. The molecule has 2 aliphatic rings. The van der Waals surface area contributed by atoms with Gasteiger partial charge in [-0.1, -0.05) is 46.8 Å². The minimum atomic E-state index is 0.660. The number of nitrogens with two attached hydrogens (primary N) is 1. The van der Waals surface area contributed by atoms with E-state index in [0.29, 0.717) is 6.54 Å². The monoisotopic (exact) mass is 390 g/mol. The van der Waals surface area contributed by atoms with E-state index in [0.717, 1.165) is 12.8 Å². The number of hydrogen-bond acceptors (Lipinski definition) is 1. The standard InChI is InChI=1S/C27H24N3/c1-18-15-22(30-27(18)24(12-13-28)26-7-4-14-29(26)30)11-9-19-8-10-21-17-20-5-2-3-6-23(20)25(21)16-19/h2-11,14-16H,12-13,17,28H2,1H3/q+1/b11-9+. The van der Waals surface area contributed by atoms with Gasteiger partial charge in [0.15, 0.2) is 0 Å². The van der Waals surface area contributed by atoms with Crippen molar-refractivity contribution in [1.29, 1.82) is 0 Å². The van der Waals surface area contributed by atoms with Crippen molar-refractivity contribution in [2.75, 3.05) is 6.54 Å². The minimum absolute atomic E-state index is 0.660. The lowest BCUT2D eigenvalue weighted by molar-refractivity contribution is -0.583. The summed E-state index contributed by atoms with van der Waals surface area (Å²) in [6, 6.07) is 17.8. The molecule has 2 N–H and O–H groups in total. The second-order valence-electron chi connectivity index (χ2n) is 8.25. The largest absolute Gasteiger partial charge is 0.330 e. The molecule has 146 valence electrons. The Kier molecular flexibility index (Phi) is 3.80. The smallest absolute Gasteiger partial charge is 0.242 e. The Labute approximate surface area is 176 Å². The Morgan fingerprint density at radius 3 is 2.80 bits per heavy atom. The molecule has 3 heteroatoms. The van der Waals surface area contributed by atoms with E-state index in [-0.39, 0.29) is 0 Å². The second kappa shape index (κ2) is 6.54. The fourth-order valence-electron chi connectivity index (χ4n) is 5.09. The lowest BCUT2D eigenvalue weighted by Crippen LogP contribution is -2.24. The van der Waals surface area contributed by atoms with Crippen LogP contribution in [-0.2, 0) is 12.8 Å². The summed E-state index contributed by atoms with van der Waals surface area (Å²) in [6.45, 7) is 2.85. The van der Waals surface area contributed by atoms with Crippen LogP contribution >= 0.6 is 0 Å².